The molecule has 3 fully saturated rings. The summed E-state index contributed by atoms with van der Waals surface area (Å²) in [6.45, 7) is 2.96. The molecule has 322 valence electrons. The number of imidazole rings is 1. The number of hydrogen-bond acceptors (Lipinski definition) is 8. The number of piperazine rings is 1. The summed E-state index contributed by atoms with van der Waals surface area (Å²) in [7, 11) is 1.69. The standard InChI is InChI=1S/C44H49F3N8O6/c1-51-36-21-26(9-14-34(36)55(44(51)61)35-15-16-37(56)49-43(35)60)5-3-2-4-6-38(57)53-19-17-52(18-20-53)30-13-10-28-25-54(50-33(28)22-30)29-11-7-27(8-12-29)24-48-42(59)31-23-32(45)41(58)40(47)39(31)46/h9-10,13-14,21-23,25,27,29,35,58H,2-8,11-12,15-20,24H2,1H3,(H,48,59)(H,49,56,60). The summed E-state index contributed by atoms with van der Waals surface area (Å²) in [6.07, 6.45) is 9.60. The zero-order valence-corrected chi connectivity index (χ0v) is 34.0. The van der Waals surface area contributed by atoms with Crippen molar-refractivity contribution >= 4 is 51.3 Å². The van der Waals surface area contributed by atoms with Gasteiger partial charge in [0.2, 0.25) is 23.5 Å². The number of carbonyl (C=O) groups excluding carboxylic acids is 4. The Labute approximate surface area is 349 Å². The number of benzene rings is 3. The van der Waals surface area contributed by atoms with Gasteiger partial charge in [-0.1, -0.05) is 12.5 Å². The van der Waals surface area contributed by atoms with Crippen molar-refractivity contribution in [2.24, 2.45) is 13.0 Å². The van der Waals surface area contributed by atoms with Crippen LogP contribution in [0.1, 0.15) is 92.2 Å². The number of nitrogens with zero attached hydrogens (tertiary/aromatic N) is 6. The van der Waals surface area contributed by atoms with Crippen LogP contribution in [0, 0.1) is 23.4 Å². The number of amides is 4. The van der Waals surface area contributed by atoms with E-state index in [0.29, 0.717) is 37.5 Å². The van der Waals surface area contributed by atoms with E-state index in [0.717, 1.165) is 92.1 Å². The summed E-state index contributed by atoms with van der Waals surface area (Å²) in [5.74, 6) is -7.67. The van der Waals surface area contributed by atoms with E-state index in [1.165, 1.54) is 4.57 Å². The van der Waals surface area contributed by atoms with Gasteiger partial charge < -0.3 is 20.2 Å². The highest BCUT2D eigenvalue weighted by Crippen LogP contribution is 2.34. The molecule has 0 radical (unpaired) electrons. The van der Waals surface area contributed by atoms with Gasteiger partial charge in [0.05, 0.1) is 28.2 Å². The van der Waals surface area contributed by atoms with E-state index in [1.54, 1.807) is 11.6 Å². The fourth-order valence-corrected chi connectivity index (χ4v) is 9.05. The van der Waals surface area contributed by atoms with Gasteiger partial charge in [0.1, 0.15) is 6.04 Å². The number of anilines is 1. The zero-order valence-electron chi connectivity index (χ0n) is 34.0. The topological polar surface area (TPSA) is 164 Å². The molecule has 3 aliphatic rings. The molecule has 5 aromatic rings. The monoisotopic (exact) mass is 842 g/mol. The Balaban J connectivity index is 0.760. The molecule has 2 aliphatic heterocycles. The fourth-order valence-electron chi connectivity index (χ4n) is 9.05. The summed E-state index contributed by atoms with van der Waals surface area (Å²) in [6, 6.07) is 12.0. The first kappa shape index (κ1) is 41.6. The highest BCUT2D eigenvalue weighted by Gasteiger charge is 2.32. The van der Waals surface area contributed by atoms with Gasteiger partial charge in [-0.05, 0) is 99.2 Å². The quantitative estimate of drug-likeness (QED) is 0.0854. The maximum absolute atomic E-state index is 14.1. The maximum atomic E-state index is 14.1. The van der Waals surface area contributed by atoms with Gasteiger partial charge >= 0.3 is 5.69 Å². The van der Waals surface area contributed by atoms with Crippen LogP contribution in [0.25, 0.3) is 21.9 Å². The Hall–Kier alpha value is -6.13. The number of halogens is 3. The van der Waals surface area contributed by atoms with Gasteiger partial charge in [-0.3, -0.25) is 38.3 Å². The maximum Gasteiger partial charge on any atom is 0.329 e. The number of phenolic OH excluding ortho intramolecular Hbond substituents is 1. The number of aromatic hydroxyl groups is 1. The SMILES string of the molecule is Cn1c(=O)n(C2CCC(=O)NC2=O)c2ccc(CCCCCC(=O)N3CCN(c4ccc5cn(C6CCC(CNC(=O)c7cc(F)c(O)c(F)c7F)CC6)nc5c4)CC3)cc21. The predicted molar refractivity (Wildman–Crippen MR) is 221 cm³/mol. The van der Waals surface area contributed by atoms with Crippen molar-refractivity contribution in [1.82, 2.24) is 34.4 Å². The smallest absolute Gasteiger partial charge is 0.329 e. The van der Waals surface area contributed by atoms with Gasteiger partial charge in [0.25, 0.3) is 5.91 Å². The average molecular weight is 843 g/mol. The van der Waals surface area contributed by atoms with Crippen LogP contribution in [0.4, 0.5) is 18.9 Å². The van der Waals surface area contributed by atoms with Crippen LogP contribution in [0.3, 0.4) is 0 Å². The van der Waals surface area contributed by atoms with Crippen molar-refractivity contribution in [1.29, 1.82) is 0 Å². The fraction of sp³-hybridized carbons (Fsp3) is 0.455. The largest absolute Gasteiger partial charge is 0.503 e. The molecule has 4 amide bonds. The molecule has 2 aromatic heterocycles. The Kier molecular flexibility index (Phi) is 11.9. The molecule has 0 spiro atoms. The van der Waals surface area contributed by atoms with E-state index in [4.69, 9.17) is 5.10 Å². The van der Waals surface area contributed by atoms with Gasteiger partial charge in [-0.15, -0.1) is 0 Å². The zero-order chi connectivity index (χ0) is 42.9. The summed E-state index contributed by atoms with van der Waals surface area (Å²) >= 11 is 0. The second kappa shape index (κ2) is 17.5. The van der Waals surface area contributed by atoms with Crippen LogP contribution in [0.2, 0.25) is 0 Å². The van der Waals surface area contributed by atoms with E-state index < -0.39 is 46.6 Å². The lowest BCUT2D eigenvalue weighted by molar-refractivity contribution is -0.136. The Morgan fingerprint density at radius 1 is 0.885 bits per heavy atom. The number of aryl methyl sites for hydroxylation is 2. The van der Waals surface area contributed by atoms with Crippen molar-refractivity contribution in [3.8, 4) is 5.75 Å². The lowest BCUT2D eigenvalue weighted by atomic mass is 9.86. The number of carbonyl (C=O) groups is 4. The van der Waals surface area contributed by atoms with E-state index in [1.807, 2.05) is 34.0 Å². The van der Waals surface area contributed by atoms with Crippen LogP contribution in [0.5, 0.6) is 5.75 Å². The average Bonchev–Trinajstić information content (AvgIpc) is 3.80. The molecule has 0 bridgehead atoms. The van der Waals surface area contributed by atoms with Crippen LogP contribution in [-0.2, 0) is 27.9 Å². The van der Waals surface area contributed by atoms with Gasteiger partial charge in [0.15, 0.2) is 17.4 Å². The minimum atomic E-state index is -1.79. The molecule has 2 saturated heterocycles. The first-order valence-electron chi connectivity index (χ1n) is 21.1. The molecule has 4 heterocycles. The number of rotatable bonds is 12. The van der Waals surface area contributed by atoms with Crippen LogP contribution >= 0.6 is 0 Å². The van der Waals surface area contributed by atoms with Gasteiger partial charge in [-0.25, -0.2) is 13.6 Å². The third kappa shape index (κ3) is 8.59. The molecule has 3 aromatic carbocycles. The predicted octanol–water partition coefficient (Wildman–Crippen LogP) is 5.40. The van der Waals surface area contributed by atoms with Crippen molar-refractivity contribution in [3.05, 3.63) is 87.7 Å². The number of hydrogen-bond donors (Lipinski definition) is 3. The molecule has 3 N–H and O–H groups in total. The van der Waals surface area contributed by atoms with Crippen molar-refractivity contribution in [2.45, 2.75) is 82.7 Å². The van der Waals surface area contributed by atoms with E-state index in [-0.39, 0.29) is 42.4 Å². The van der Waals surface area contributed by atoms with Crippen LogP contribution in [-0.4, -0.2) is 85.3 Å². The molecule has 8 rings (SSSR count). The first-order chi connectivity index (χ1) is 29.4. The molecular formula is C44H49F3N8O6. The molecule has 1 saturated carbocycles. The highest BCUT2D eigenvalue weighted by atomic mass is 19.2. The Morgan fingerprint density at radius 3 is 2.41 bits per heavy atom. The summed E-state index contributed by atoms with van der Waals surface area (Å²) in [4.78, 5) is 67.0. The molecule has 61 heavy (non-hydrogen) atoms. The minimum absolute atomic E-state index is 0.111. The number of aromatic nitrogens is 4. The molecule has 14 nitrogen and oxygen atoms in total. The lowest BCUT2D eigenvalue weighted by Gasteiger charge is -2.36. The molecule has 1 atom stereocenters. The van der Waals surface area contributed by atoms with E-state index in [9.17, 15) is 42.3 Å². The van der Waals surface area contributed by atoms with Crippen molar-refractivity contribution in [2.75, 3.05) is 37.6 Å². The minimum Gasteiger partial charge on any atom is -0.503 e. The van der Waals surface area contributed by atoms with Gasteiger partial charge in [-0.2, -0.15) is 9.49 Å². The summed E-state index contributed by atoms with van der Waals surface area (Å²) < 4.78 is 46.6. The number of phenols is 1. The molecule has 17 heteroatoms. The third-order valence-corrected chi connectivity index (χ3v) is 12.7. The van der Waals surface area contributed by atoms with Crippen LogP contribution < -0.4 is 21.2 Å². The number of nitrogens with one attached hydrogen (secondary N) is 2. The molecular weight excluding hydrogens is 794 g/mol. The number of imide groups is 1. The second-order valence-corrected chi connectivity index (χ2v) is 16.5. The molecule has 1 unspecified atom stereocenters. The van der Waals surface area contributed by atoms with Crippen molar-refractivity contribution in [3.63, 3.8) is 0 Å². The normalized spacial score (nSPS) is 19.8. The summed E-state index contributed by atoms with van der Waals surface area (Å²) in [5, 5.41) is 20.1. The number of fused-ring (bicyclic) bond motifs is 2. The number of unbranched alkanes of at least 4 members (excludes halogenated alkanes) is 2. The third-order valence-electron chi connectivity index (χ3n) is 12.7. The molecule has 1 aliphatic carbocycles. The first-order valence-corrected chi connectivity index (χ1v) is 21.1. The lowest BCUT2D eigenvalue weighted by Crippen LogP contribution is -2.48. The number of piperidine rings is 1. The summed E-state index contributed by atoms with van der Waals surface area (Å²) in [5.41, 5.74) is 3.35. The van der Waals surface area contributed by atoms with Crippen molar-refractivity contribution < 1.29 is 37.5 Å². The van der Waals surface area contributed by atoms with E-state index in [2.05, 4.69) is 33.7 Å². The van der Waals surface area contributed by atoms with E-state index >= 15 is 0 Å². The van der Waals surface area contributed by atoms with Crippen LogP contribution in [0.15, 0.2) is 53.5 Å². The Morgan fingerprint density at radius 2 is 1.66 bits per heavy atom. The second-order valence-electron chi connectivity index (χ2n) is 16.5. The Bertz CT molecular complexity index is 2570. The highest BCUT2D eigenvalue weighted by molar-refractivity contribution is 6.00. The van der Waals surface area contributed by atoms with Gasteiger partial charge in [0, 0.05) is 69.9 Å².